The summed E-state index contributed by atoms with van der Waals surface area (Å²) in [6.07, 6.45) is 1.56. The van der Waals surface area contributed by atoms with E-state index in [-0.39, 0.29) is 19.0 Å². The number of amides is 2. The Morgan fingerprint density at radius 3 is 2.45 bits per heavy atom. The molecule has 0 aliphatic carbocycles. The van der Waals surface area contributed by atoms with E-state index >= 15 is 0 Å². The number of aliphatic carboxylic acids is 1. The van der Waals surface area contributed by atoms with Crippen LogP contribution in [0.5, 0.6) is 0 Å². The van der Waals surface area contributed by atoms with Crippen LogP contribution in [0, 0.1) is 0 Å². The smallest absolute Gasteiger partial charge is 0.324 e. The molecule has 0 radical (unpaired) electrons. The van der Waals surface area contributed by atoms with Crippen molar-refractivity contribution in [2.24, 2.45) is 0 Å². The second kappa shape index (κ2) is 7.99. The number of urea groups is 1. The molecule has 20 heavy (non-hydrogen) atoms. The molecule has 0 aliphatic heterocycles. The first-order chi connectivity index (χ1) is 9.60. The van der Waals surface area contributed by atoms with Crippen LogP contribution in [0.25, 0.3) is 0 Å². The monoisotopic (exact) mass is 276 g/mol. The first kappa shape index (κ1) is 15.8. The highest BCUT2D eigenvalue weighted by atomic mass is 16.4. The van der Waals surface area contributed by atoms with Gasteiger partial charge in [-0.2, -0.15) is 0 Å². The summed E-state index contributed by atoms with van der Waals surface area (Å²) in [5.74, 6) is -0.925. The third-order valence-corrected chi connectivity index (χ3v) is 2.85. The predicted molar refractivity (Wildman–Crippen MR) is 78.9 cm³/mol. The summed E-state index contributed by atoms with van der Waals surface area (Å²) in [5.41, 5.74) is 0.696. The molecule has 0 aromatic heterocycles. The highest BCUT2D eigenvalue weighted by Gasteiger charge is 2.21. The predicted octanol–water partition coefficient (Wildman–Crippen LogP) is 2.60. The van der Waals surface area contributed by atoms with Gasteiger partial charge in [0, 0.05) is 25.3 Å². The SMILES string of the molecule is C=CCN(CC)C(=O)N(CCC(=O)O)c1ccccc1. The van der Waals surface area contributed by atoms with Crippen molar-refractivity contribution in [2.75, 3.05) is 24.5 Å². The maximum Gasteiger partial charge on any atom is 0.324 e. The third kappa shape index (κ3) is 4.42. The molecular weight excluding hydrogens is 256 g/mol. The summed E-state index contributed by atoms with van der Waals surface area (Å²) in [6.45, 7) is 6.63. The number of carbonyl (C=O) groups excluding carboxylic acids is 1. The third-order valence-electron chi connectivity index (χ3n) is 2.85. The fraction of sp³-hybridized carbons (Fsp3) is 0.333. The molecule has 0 heterocycles. The van der Waals surface area contributed by atoms with Crippen molar-refractivity contribution in [3.8, 4) is 0 Å². The lowest BCUT2D eigenvalue weighted by atomic mass is 10.2. The van der Waals surface area contributed by atoms with Gasteiger partial charge in [0.2, 0.25) is 0 Å². The Kier molecular flexibility index (Phi) is 6.29. The van der Waals surface area contributed by atoms with E-state index in [0.29, 0.717) is 18.8 Å². The molecule has 1 rings (SSSR count). The second-order valence-electron chi connectivity index (χ2n) is 4.24. The molecule has 5 heteroatoms. The molecule has 0 fully saturated rings. The summed E-state index contributed by atoms with van der Waals surface area (Å²) >= 11 is 0. The molecule has 5 nitrogen and oxygen atoms in total. The van der Waals surface area contributed by atoms with Gasteiger partial charge in [0.1, 0.15) is 0 Å². The number of para-hydroxylation sites is 1. The molecule has 0 spiro atoms. The molecule has 2 amide bonds. The first-order valence-electron chi connectivity index (χ1n) is 6.54. The van der Waals surface area contributed by atoms with E-state index < -0.39 is 5.97 Å². The van der Waals surface area contributed by atoms with Gasteiger partial charge in [-0.25, -0.2) is 4.79 Å². The van der Waals surface area contributed by atoms with E-state index in [1.807, 2.05) is 25.1 Å². The molecule has 1 aromatic rings. The van der Waals surface area contributed by atoms with Crippen LogP contribution in [0.3, 0.4) is 0 Å². The number of hydrogen-bond donors (Lipinski definition) is 1. The van der Waals surface area contributed by atoms with Crippen LogP contribution in [0.4, 0.5) is 10.5 Å². The zero-order chi connectivity index (χ0) is 15.0. The van der Waals surface area contributed by atoms with Gasteiger partial charge < -0.3 is 10.0 Å². The highest BCUT2D eigenvalue weighted by molar-refractivity contribution is 5.92. The number of carbonyl (C=O) groups is 2. The quantitative estimate of drug-likeness (QED) is 0.779. The summed E-state index contributed by atoms with van der Waals surface area (Å²) in [6, 6.07) is 8.87. The molecule has 1 aromatic carbocycles. The number of likely N-dealkylation sites (N-methyl/N-ethyl adjacent to an activating group) is 1. The van der Waals surface area contributed by atoms with Crippen molar-refractivity contribution in [1.29, 1.82) is 0 Å². The van der Waals surface area contributed by atoms with E-state index in [2.05, 4.69) is 6.58 Å². The maximum absolute atomic E-state index is 12.5. The van der Waals surface area contributed by atoms with E-state index in [9.17, 15) is 9.59 Å². The summed E-state index contributed by atoms with van der Waals surface area (Å²) in [5, 5.41) is 8.82. The van der Waals surface area contributed by atoms with E-state index in [1.165, 1.54) is 4.90 Å². The van der Waals surface area contributed by atoms with Crippen molar-refractivity contribution in [1.82, 2.24) is 4.90 Å². The number of anilines is 1. The summed E-state index contributed by atoms with van der Waals surface area (Å²) in [7, 11) is 0. The Labute approximate surface area is 119 Å². The Hall–Kier alpha value is -2.30. The number of nitrogens with zero attached hydrogens (tertiary/aromatic N) is 2. The molecule has 0 unspecified atom stereocenters. The molecule has 0 saturated carbocycles. The van der Waals surface area contributed by atoms with Gasteiger partial charge in [-0.1, -0.05) is 24.3 Å². The zero-order valence-electron chi connectivity index (χ0n) is 11.7. The van der Waals surface area contributed by atoms with Crippen molar-refractivity contribution < 1.29 is 14.7 Å². The van der Waals surface area contributed by atoms with E-state index in [0.717, 1.165) is 0 Å². The molecule has 0 aliphatic rings. The number of carboxylic acid groups (broad SMARTS) is 1. The standard InChI is InChI=1S/C15H20N2O3/c1-3-11-16(4-2)15(20)17(12-10-14(18)19)13-8-6-5-7-9-13/h3,5-9H,1,4,10-12H2,2H3,(H,18,19). The van der Waals surface area contributed by atoms with Crippen LogP contribution in [-0.2, 0) is 4.79 Å². The highest BCUT2D eigenvalue weighted by Crippen LogP contribution is 2.16. The number of benzene rings is 1. The van der Waals surface area contributed by atoms with Gasteiger partial charge in [-0.3, -0.25) is 9.69 Å². The Morgan fingerprint density at radius 2 is 1.95 bits per heavy atom. The lowest BCUT2D eigenvalue weighted by Gasteiger charge is -2.29. The minimum Gasteiger partial charge on any atom is -0.481 e. The Balaban J connectivity index is 2.94. The normalized spacial score (nSPS) is 9.85. The van der Waals surface area contributed by atoms with Crippen molar-refractivity contribution in [3.63, 3.8) is 0 Å². The Morgan fingerprint density at radius 1 is 1.30 bits per heavy atom. The van der Waals surface area contributed by atoms with Crippen molar-refractivity contribution >= 4 is 17.7 Å². The van der Waals surface area contributed by atoms with Crippen LogP contribution in [-0.4, -0.2) is 41.6 Å². The zero-order valence-corrected chi connectivity index (χ0v) is 11.7. The van der Waals surface area contributed by atoms with Crippen LogP contribution < -0.4 is 4.90 Å². The largest absolute Gasteiger partial charge is 0.481 e. The number of hydrogen-bond acceptors (Lipinski definition) is 2. The molecular formula is C15H20N2O3. The van der Waals surface area contributed by atoms with Crippen LogP contribution >= 0.6 is 0 Å². The second-order valence-corrected chi connectivity index (χ2v) is 4.24. The lowest BCUT2D eigenvalue weighted by Crippen LogP contribution is -2.44. The van der Waals surface area contributed by atoms with Crippen LogP contribution in [0.2, 0.25) is 0 Å². The topological polar surface area (TPSA) is 60.9 Å². The molecule has 1 N–H and O–H groups in total. The number of rotatable bonds is 7. The van der Waals surface area contributed by atoms with Crippen LogP contribution in [0.1, 0.15) is 13.3 Å². The number of carboxylic acids is 1. The van der Waals surface area contributed by atoms with Gasteiger partial charge in [-0.15, -0.1) is 6.58 Å². The van der Waals surface area contributed by atoms with Crippen molar-refractivity contribution in [3.05, 3.63) is 43.0 Å². The average Bonchev–Trinajstić information content (AvgIpc) is 2.45. The molecule has 0 atom stereocenters. The van der Waals surface area contributed by atoms with Crippen molar-refractivity contribution in [2.45, 2.75) is 13.3 Å². The molecule has 0 bridgehead atoms. The summed E-state index contributed by atoms with van der Waals surface area (Å²) in [4.78, 5) is 26.3. The van der Waals surface area contributed by atoms with Gasteiger partial charge in [0.25, 0.3) is 0 Å². The Bertz CT molecular complexity index is 459. The fourth-order valence-electron chi connectivity index (χ4n) is 1.82. The summed E-state index contributed by atoms with van der Waals surface area (Å²) < 4.78 is 0. The van der Waals surface area contributed by atoms with E-state index in [4.69, 9.17) is 5.11 Å². The minimum absolute atomic E-state index is 0.0910. The van der Waals surface area contributed by atoms with Gasteiger partial charge in [0.05, 0.1) is 6.42 Å². The molecule has 0 saturated heterocycles. The average molecular weight is 276 g/mol. The van der Waals surface area contributed by atoms with E-state index in [1.54, 1.807) is 23.1 Å². The minimum atomic E-state index is -0.925. The molecule has 108 valence electrons. The van der Waals surface area contributed by atoms with Gasteiger partial charge in [0.15, 0.2) is 0 Å². The first-order valence-corrected chi connectivity index (χ1v) is 6.54. The van der Waals surface area contributed by atoms with Gasteiger partial charge in [-0.05, 0) is 19.1 Å². The van der Waals surface area contributed by atoms with Gasteiger partial charge >= 0.3 is 12.0 Å². The fourth-order valence-corrected chi connectivity index (χ4v) is 1.82. The van der Waals surface area contributed by atoms with Crippen LogP contribution in [0.15, 0.2) is 43.0 Å². The maximum atomic E-state index is 12.5. The lowest BCUT2D eigenvalue weighted by molar-refractivity contribution is -0.136.